The summed E-state index contributed by atoms with van der Waals surface area (Å²) in [6, 6.07) is 0. The summed E-state index contributed by atoms with van der Waals surface area (Å²) in [5, 5.41) is 10.9. The third kappa shape index (κ3) is 22.5. The van der Waals surface area contributed by atoms with Crippen LogP contribution in [0.2, 0.25) is 0 Å². The zero-order chi connectivity index (χ0) is 28.5. The number of unbranched alkanes of at least 4 members (excludes halogenated alkanes) is 20. The fourth-order valence-corrected chi connectivity index (χ4v) is 6.55. The monoisotopic (exact) mass is 556 g/mol. The Balaban J connectivity index is 4.02. The van der Waals surface area contributed by atoms with Crippen molar-refractivity contribution in [2.45, 2.75) is 180 Å². The number of carbonyl (C=O) groups is 2. The Morgan fingerprint density at radius 1 is 0.553 bits per heavy atom. The number of rotatable bonds is 29. The Morgan fingerprint density at radius 3 is 1.21 bits per heavy atom. The third-order valence-electron chi connectivity index (χ3n) is 7.81. The molecule has 0 bridgehead atoms. The average molecular weight is 557 g/mol. The van der Waals surface area contributed by atoms with Crippen LogP contribution in [0, 0.1) is 0 Å². The van der Waals surface area contributed by atoms with Crippen molar-refractivity contribution in [3.8, 4) is 0 Å². The van der Waals surface area contributed by atoms with Gasteiger partial charge in [0.25, 0.3) is 0 Å². The molecule has 0 spiro atoms. The van der Waals surface area contributed by atoms with E-state index in [9.17, 15) is 14.7 Å². The Hall–Kier alpha value is -0.310. The van der Waals surface area contributed by atoms with E-state index >= 15 is 0 Å². The van der Waals surface area contributed by atoms with Gasteiger partial charge >= 0.3 is 0 Å². The van der Waals surface area contributed by atoms with Gasteiger partial charge < -0.3 is 9.59 Å². The summed E-state index contributed by atoms with van der Waals surface area (Å²) in [5.74, 6) is -0.398. The summed E-state index contributed by atoms with van der Waals surface area (Å²) >= 11 is 0. The highest BCUT2D eigenvalue weighted by Crippen LogP contribution is 2.32. The van der Waals surface area contributed by atoms with Crippen molar-refractivity contribution in [1.29, 1.82) is 0 Å². The maximum atomic E-state index is 12.8. The van der Waals surface area contributed by atoms with Crippen molar-refractivity contribution in [1.82, 2.24) is 0 Å². The molecule has 0 aromatic rings. The Labute approximate surface area is 239 Å². The maximum Gasteiger partial charge on any atom is 0.168 e. The minimum atomic E-state index is -1.03. The quantitative estimate of drug-likeness (QED) is 0.0567. The highest BCUT2D eigenvalue weighted by Gasteiger charge is 2.37. The molecular weight excluding hydrogens is 489 g/mol. The van der Waals surface area contributed by atoms with Gasteiger partial charge in [-0.05, 0) is 12.8 Å². The second-order valence-corrected chi connectivity index (χ2v) is 14.0. The topological polar surface area (TPSA) is 54.4 Å². The van der Waals surface area contributed by atoms with E-state index in [1.165, 1.54) is 116 Å². The number of aliphatic hydroxyl groups is 1. The lowest BCUT2D eigenvalue weighted by Crippen LogP contribution is -2.52. The number of ketones is 1. The SMILES string of the molecule is CCCCCCCCCCCCCCCC(=O)C(O)C(PC(=O)CCCCCCCCCCC)[N+](C)(C)C. The summed E-state index contributed by atoms with van der Waals surface area (Å²) < 4.78 is 0.452. The molecule has 1 N–H and O–H groups in total. The van der Waals surface area contributed by atoms with Crippen LogP contribution >= 0.6 is 8.58 Å². The van der Waals surface area contributed by atoms with Crippen molar-refractivity contribution < 1.29 is 19.2 Å². The average Bonchev–Trinajstić information content (AvgIpc) is 2.87. The first-order chi connectivity index (χ1) is 18.2. The highest BCUT2D eigenvalue weighted by molar-refractivity contribution is 7.58. The van der Waals surface area contributed by atoms with Crippen LogP contribution in [0.3, 0.4) is 0 Å². The minimum Gasteiger partial charge on any atom is -0.379 e. The van der Waals surface area contributed by atoms with E-state index in [2.05, 4.69) is 13.8 Å². The van der Waals surface area contributed by atoms with Gasteiger partial charge in [0.05, 0.1) is 21.1 Å². The molecule has 3 atom stereocenters. The Bertz CT molecular complexity index is 561. The fourth-order valence-electron chi connectivity index (χ4n) is 5.17. The maximum absolute atomic E-state index is 12.8. The molecule has 0 aromatic heterocycles. The lowest BCUT2D eigenvalue weighted by Gasteiger charge is -2.36. The van der Waals surface area contributed by atoms with Crippen molar-refractivity contribution in [3.63, 3.8) is 0 Å². The Kier molecular flexibility index (Phi) is 25.4. The molecule has 0 rings (SSSR count). The lowest BCUT2D eigenvalue weighted by atomic mass is 10.0. The largest absolute Gasteiger partial charge is 0.379 e. The molecule has 226 valence electrons. The van der Waals surface area contributed by atoms with Crippen LogP contribution in [-0.2, 0) is 9.59 Å². The van der Waals surface area contributed by atoms with Gasteiger partial charge in [0.1, 0.15) is 5.78 Å². The molecule has 0 heterocycles. The van der Waals surface area contributed by atoms with Gasteiger partial charge in [0.2, 0.25) is 0 Å². The van der Waals surface area contributed by atoms with E-state index in [1.54, 1.807) is 0 Å². The van der Waals surface area contributed by atoms with Gasteiger partial charge in [-0.1, -0.05) is 142 Å². The molecule has 3 unspecified atom stereocenters. The van der Waals surface area contributed by atoms with Crippen molar-refractivity contribution >= 4 is 19.9 Å². The fraction of sp³-hybridized carbons (Fsp3) is 0.939. The van der Waals surface area contributed by atoms with Crippen molar-refractivity contribution in [2.24, 2.45) is 0 Å². The third-order valence-corrected chi connectivity index (χ3v) is 9.76. The van der Waals surface area contributed by atoms with Crippen molar-refractivity contribution in [3.05, 3.63) is 0 Å². The smallest absolute Gasteiger partial charge is 0.168 e. The van der Waals surface area contributed by atoms with Crippen LogP contribution in [0.25, 0.3) is 0 Å². The number of hydrogen-bond donors (Lipinski definition) is 1. The summed E-state index contributed by atoms with van der Waals surface area (Å²) in [6.45, 7) is 4.51. The number of Topliss-reactive ketones (excluding diaryl/α,β-unsaturated/α-hetero) is 1. The first-order valence-corrected chi connectivity index (χ1v) is 17.6. The molecule has 0 aliphatic heterocycles. The summed E-state index contributed by atoms with van der Waals surface area (Å²) in [4.78, 5) is 25.5. The van der Waals surface area contributed by atoms with E-state index < -0.39 is 6.10 Å². The normalized spacial score (nSPS) is 13.8. The molecule has 4 nitrogen and oxygen atoms in total. The van der Waals surface area contributed by atoms with Crippen LogP contribution in [0.15, 0.2) is 0 Å². The predicted molar refractivity (Wildman–Crippen MR) is 168 cm³/mol. The summed E-state index contributed by atoms with van der Waals surface area (Å²) in [6.07, 6.45) is 27.8. The highest BCUT2D eigenvalue weighted by atomic mass is 31.1. The zero-order valence-electron chi connectivity index (χ0n) is 26.3. The second-order valence-electron chi connectivity index (χ2n) is 12.6. The molecule has 0 saturated heterocycles. The van der Waals surface area contributed by atoms with Gasteiger partial charge in [-0.3, -0.25) is 9.59 Å². The molecule has 5 heteroatoms. The minimum absolute atomic E-state index is 0.000227. The lowest BCUT2D eigenvalue weighted by molar-refractivity contribution is -0.883. The van der Waals surface area contributed by atoms with E-state index in [1.807, 2.05) is 21.1 Å². The molecule has 38 heavy (non-hydrogen) atoms. The number of carbonyl (C=O) groups excluding carboxylic acids is 2. The summed E-state index contributed by atoms with van der Waals surface area (Å²) in [7, 11) is 5.97. The van der Waals surface area contributed by atoms with Crippen LogP contribution in [0.1, 0.15) is 168 Å². The molecule has 0 fully saturated rings. The summed E-state index contributed by atoms with van der Waals surface area (Å²) in [5.41, 5.74) is 0.221. The number of likely N-dealkylation sites (N-methyl/N-ethyl adjacent to an activating group) is 1. The predicted octanol–water partition coefficient (Wildman–Crippen LogP) is 9.56. The van der Waals surface area contributed by atoms with E-state index in [0.717, 1.165) is 25.7 Å². The molecule has 0 amide bonds. The van der Waals surface area contributed by atoms with Gasteiger partial charge in [-0.2, -0.15) is 0 Å². The van der Waals surface area contributed by atoms with Gasteiger partial charge in [-0.15, -0.1) is 0 Å². The van der Waals surface area contributed by atoms with Crippen LogP contribution in [0.5, 0.6) is 0 Å². The molecular formula is C33H67NO3P+. The molecule has 0 saturated carbocycles. The number of hydrogen-bond acceptors (Lipinski definition) is 3. The van der Waals surface area contributed by atoms with E-state index in [0.29, 0.717) is 17.3 Å². The van der Waals surface area contributed by atoms with E-state index in [-0.39, 0.29) is 25.7 Å². The van der Waals surface area contributed by atoms with Gasteiger partial charge in [0, 0.05) is 21.4 Å². The van der Waals surface area contributed by atoms with Gasteiger partial charge in [0.15, 0.2) is 17.4 Å². The molecule has 0 aromatic carbocycles. The standard InChI is InChI=1S/C33H67NO3P/c1-6-8-10-12-14-16-17-18-19-21-22-24-26-28-30(35)32(37)33(34(3,4)5)38-31(36)29-27-25-23-20-15-13-11-9-7-2/h32-33,37-38H,6-29H2,1-5H3/q+1. The number of aliphatic hydroxyl groups excluding tert-OH is 1. The first kappa shape index (κ1) is 37.7. The molecule has 0 aliphatic carbocycles. The van der Waals surface area contributed by atoms with Crippen LogP contribution in [0.4, 0.5) is 0 Å². The first-order valence-electron chi connectivity index (χ1n) is 16.5. The Morgan fingerprint density at radius 2 is 0.868 bits per heavy atom. The number of quaternary nitrogens is 1. The van der Waals surface area contributed by atoms with E-state index in [4.69, 9.17) is 0 Å². The number of nitrogens with zero attached hydrogens (tertiary/aromatic N) is 1. The van der Waals surface area contributed by atoms with Crippen LogP contribution in [-0.4, -0.2) is 53.9 Å². The van der Waals surface area contributed by atoms with Crippen molar-refractivity contribution in [2.75, 3.05) is 21.1 Å². The molecule has 0 aliphatic rings. The second kappa shape index (κ2) is 25.6. The zero-order valence-corrected chi connectivity index (χ0v) is 27.3. The van der Waals surface area contributed by atoms with Gasteiger partial charge in [-0.25, -0.2) is 0 Å². The van der Waals surface area contributed by atoms with Crippen LogP contribution < -0.4 is 0 Å². The molecule has 0 radical (unpaired) electrons.